The molecule has 0 aliphatic heterocycles. The van der Waals surface area contributed by atoms with E-state index in [9.17, 15) is 0 Å². The highest BCUT2D eigenvalue weighted by Crippen LogP contribution is 2.13. The second-order valence-electron chi connectivity index (χ2n) is 10.6. The van der Waals surface area contributed by atoms with Crippen molar-refractivity contribution in [2.24, 2.45) is 0 Å². The van der Waals surface area contributed by atoms with Gasteiger partial charge in [-0.3, -0.25) is 0 Å². The molecule has 0 rings (SSSR count). The molecule has 0 radical (unpaired) electrons. The number of hydrogen-bond acceptors (Lipinski definition) is 5. The van der Waals surface area contributed by atoms with Crippen molar-refractivity contribution < 1.29 is 25.2 Å². The summed E-state index contributed by atoms with van der Waals surface area (Å²) < 4.78 is 5.80. The molecular formula is C31H66O5. The van der Waals surface area contributed by atoms with Crippen LogP contribution in [0.4, 0.5) is 0 Å². The topological polar surface area (TPSA) is 90.2 Å². The average Bonchev–Trinajstić information content (AvgIpc) is 2.88. The third-order valence-electron chi connectivity index (χ3n) is 6.66. The summed E-state index contributed by atoms with van der Waals surface area (Å²) in [5.74, 6) is 0. The first-order chi connectivity index (χ1) is 17.7. The van der Waals surface area contributed by atoms with Crippen LogP contribution in [0.1, 0.15) is 161 Å². The lowest BCUT2D eigenvalue weighted by molar-refractivity contribution is 0.110. The summed E-state index contributed by atoms with van der Waals surface area (Å²) in [6.45, 7) is 4.04. The highest BCUT2D eigenvalue weighted by atomic mass is 16.5. The molecular weight excluding hydrogens is 452 g/mol. The number of ether oxygens (including phenoxy) is 1. The molecule has 1 unspecified atom stereocenters. The quantitative estimate of drug-likeness (QED) is 0.0761. The van der Waals surface area contributed by atoms with Gasteiger partial charge < -0.3 is 25.2 Å². The molecule has 0 spiro atoms. The van der Waals surface area contributed by atoms with Crippen LogP contribution in [0.5, 0.6) is 0 Å². The summed E-state index contributed by atoms with van der Waals surface area (Å²) in [4.78, 5) is 0. The van der Waals surface area contributed by atoms with Crippen molar-refractivity contribution in [3.63, 3.8) is 0 Å². The molecule has 0 heterocycles. The minimum absolute atomic E-state index is 0.139. The fourth-order valence-electron chi connectivity index (χ4n) is 4.27. The van der Waals surface area contributed by atoms with E-state index >= 15 is 0 Å². The SMILES string of the molecule is CC(O)CO.OCCCCCCCCCCCCCCOCCCCCCCCCCCCCCO. The lowest BCUT2D eigenvalue weighted by Gasteiger charge is -2.05. The number of hydrogen-bond donors (Lipinski definition) is 4. The second-order valence-corrected chi connectivity index (χ2v) is 10.6. The second kappa shape index (κ2) is 37.0. The van der Waals surface area contributed by atoms with Gasteiger partial charge in [0.1, 0.15) is 0 Å². The van der Waals surface area contributed by atoms with Crippen LogP contribution in [0, 0.1) is 0 Å². The van der Waals surface area contributed by atoms with E-state index in [4.69, 9.17) is 25.2 Å². The molecule has 4 N–H and O–H groups in total. The number of aliphatic hydroxyl groups is 4. The largest absolute Gasteiger partial charge is 0.396 e. The van der Waals surface area contributed by atoms with Crippen LogP contribution < -0.4 is 0 Å². The van der Waals surface area contributed by atoms with Crippen molar-refractivity contribution in [1.82, 2.24) is 0 Å². The van der Waals surface area contributed by atoms with Gasteiger partial charge in [0, 0.05) is 26.4 Å². The van der Waals surface area contributed by atoms with Crippen molar-refractivity contribution in [2.45, 2.75) is 167 Å². The molecule has 0 aromatic rings. The molecule has 0 saturated heterocycles. The summed E-state index contributed by atoms with van der Waals surface area (Å²) in [6.07, 6.45) is 31.0. The smallest absolute Gasteiger partial charge is 0.0742 e. The van der Waals surface area contributed by atoms with Crippen LogP contribution in [0.25, 0.3) is 0 Å². The van der Waals surface area contributed by atoms with Crippen molar-refractivity contribution in [3.8, 4) is 0 Å². The molecule has 220 valence electrons. The average molecular weight is 519 g/mol. The minimum Gasteiger partial charge on any atom is -0.396 e. The Morgan fingerprint density at radius 3 is 0.778 bits per heavy atom. The third kappa shape index (κ3) is 40.9. The van der Waals surface area contributed by atoms with Crippen molar-refractivity contribution >= 4 is 0 Å². The Morgan fingerprint density at radius 2 is 0.583 bits per heavy atom. The van der Waals surface area contributed by atoms with E-state index in [0.29, 0.717) is 13.2 Å². The van der Waals surface area contributed by atoms with Crippen LogP contribution >= 0.6 is 0 Å². The van der Waals surface area contributed by atoms with E-state index in [0.717, 1.165) is 26.1 Å². The Bertz CT molecular complexity index is 324. The van der Waals surface area contributed by atoms with Gasteiger partial charge in [-0.05, 0) is 32.6 Å². The standard InChI is InChI=1S/C28H58O3.C3H8O2/c29-25-21-17-13-9-5-1-3-7-11-15-19-23-27-31-28-24-20-16-12-8-4-2-6-10-14-18-22-26-30;1-3(5)2-4/h29-30H,1-28H2;3-5H,2H2,1H3. The van der Waals surface area contributed by atoms with Gasteiger partial charge in [-0.1, -0.05) is 128 Å². The van der Waals surface area contributed by atoms with E-state index in [-0.39, 0.29) is 6.61 Å². The first-order valence-electron chi connectivity index (χ1n) is 15.8. The van der Waals surface area contributed by atoms with E-state index in [1.54, 1.807) is 0 Å². The van der Waals surface area contributed by atoms with E-state index < -0.39 is 6.10 Å². The van der Waals surface area contributed by atoms with Gasteiger partial charge in [0.2, 0.25) is 0 Å². The van der Waals surface area contributed by atoms with Gasteiger partial charge in [-0.2, -0.15) is 0 Å². The predicted molar refractivity (Wildman–Crippen MR) is 155 cm³/mol. The summed E-state index contributed by atoms with van der Waals surface area (Å²) >= 11 is 0. The summed E-state index contributed by atoms with van der Waals surface area (Å²) in [5, 5.41) is 33.5. The molecule has 0 aliphatic rings. The van der Waals surface area contributed by atoms with Crippen LogP contribution in [0.2, 0.25) is 0 Å². The fraction of sp³-hybridized carbons (Fsp3) is 1.00. The van der Waals surface area contributed by atoms with Gasteiger partial charge in [-0.15, -0.1) is 0 Å². The highest BCUT2D eigenvalue weighted by Gasteiger charge is 1.96. The lowest BCUT2D eigenvalue weighted by Crippen LogP contribution is -2.03. The maximum Gasteiger partial charge on any atom is 0.0742 e. The van der Waals surface area contributed by atoms with E-state index in [2.05, 4.69) is 0 Å². The maximum atomic E-state index is 8.75. The van der Waals surface area contributed by atoms with Gasteiger partial charge in [0.05, 0.1) is 12.7 Å². The molecule has 1 atom stereocenters. The zero-order valence-corrected chi connectivity index (χ0v) is 24.3. The Balaban J connectivity index is 0. The summed E-state index contributed by atoms with van der Waals surface area (Å²) in [7, 11) is 0. The van der Waals surface area contributed by atoms with Gasteiger partial charge >= 0.3 is 0 Å². The molecule has 0 fully saturated rings. The molecule has 5 nitrogen and oxygen atoms in total. The fourth-order valence-corrected chi connectivity index (χ4v) is 4.27. The van der Waals surface area contributed by atoms with Crippen LogP contribution in [0.15, 0.2) is 0 Å². The lowest BCUT2D eigenvalue weighted by atomic mass is 10.1. The number of aliphatic hydroxyl groups excluding tert-OH is 4. The molecule has 0 aromatic heterocycles. The summed E-state index contributed by atoms with van der Waals surface area (Å²) in [6, 6.07) is 0. The maximum absolute atomic E-state index is 8.75. The van der Waals surface area contributed by atoms with E-state index in [1.165, 1.54) is 148 Å². The van der Waals surface area contributed by atoms with Crippen molar-refractivity contribution in [1.29, 1.82) is 0 Å². The number of unbranched alkanes of at least 4 members (excludes halogenated alkanes) is 22. The molecule has 5 heteroatoms. The third-order valence-corrected chi connectivity index (χ3v) is 6.66. The molecule has 0 saturated carbocycles. The van der Waals surface area contributed by atoms with Crippen LogP contribution in [0.3, 0.4) is 0 Å². The Morgan fingerprint density at radius 1 is 0.389 bits per heavy atom. The predicted octanol–water partition coefficient (Wildman–Crippen LogP) is 7.71. The van der Waals surface area contributed by atoms with Gasteiger partial charge in [-0.25, -0.2) is 0 Å². The molecule has 0 aliphatic carbocycles. The Hall–Kier alpha value is -0.200. The summed E-state index contributed by atoms with van der Waals surface area (Å²) in [5.41, 5.74) is 0. The first kappa shape index (κ1) is 37.9. The molecule has 0 amide bonds. The van der Waals surface area contributed by atoms with Gasteiger partial charge in [0.15, 0.2) is 0 Å². The Labute approximate surface area is 225 Å². The normalized spacial score (nSPS) is 11.9. The molecule has 0 aromatic carbocycles. The number of rotatable bonds is 29. The van der Waals surface area contributed by atoms with Crippen LogP contribution in [-0.2, 0) is 4.74 Å². The molecule has 36 heavy (non-hydrogen) atoms. The minimum atomic E-state index is -0.560. The zero-order valence-electron chi connectivity index (χ0n) is 24.3. The van der Waals surface area contributed by atoms with E-state index in [1.807, 2.05) is 0 Å². The monoisotopic (exact) mass is 518 g/mol. The Kier molecular flexibility index (Phi) is 39.0. The molecule has 0 bridgehead atoms. The highest BCUT2D eigenvalue weighted by molar-refractivity contribution is 4.50. The van der Waals surface area contributed by atoms with Crippen molar-refractivity contribution in [2.75, 3.05) is 33.0 Å². The van der Waals surface area contributed by atoms with Crippen molar-refractivity contribution in [3.05, 3.63) is 0 Å². The van der Waals surface area contributed by atoms with Crippen LogP contribution in [-0.4, -0.2) is 59.6 Å². The first-order valence-corrected chi connectivity index (χ1v) is 15.8. The zero-order chi connectivity index (χ0) is 26.8. The van der Waals surface area contributed by atoms with Gasteiger partial charge in [0.25, 0.3) is 0 Å².